The summed E-state index contributed by atoms with van der Waals surface area (Å²) in [6, 6.07) is 16.3. The minimum Gasteiger partial charge on any atom is -0.386 e. The van der Waals surface area contributed by atoms with E-state index in [0.717, 1.165) is 35.0 Å². The Morgan fingerprint density at radius 2 is 1.97 bits per heavy atom. The lowest BCUT2D eigenvalue weighted by Crippen LogP contribution is -2.23. The molecule has 1 atom stereocenters. The number of amides is 1. The van der Waals surface area contributed by atoms with Crippen molar-refractivity contribution >= 4 is 22.9 Å². The van der Waals surface area contributed by atoms with Crippen LogP contribution in [0.2, 0.25) is 0 Å². The van der Waals surface area contributed by atoms with Gasteiger partial charge < -0.3 is 9.67 Å². The summed E-state index contributed by atoms with van der Waals surface area (Å²) in [7, 11) is 0. The molecule has 5 nitrogen and oxygen atoms in total. The van der Waals surface area contributed by atoms with E-state index in [1.54, 1.807) is 13.8 Å². The Labute approximate surface area is 171 Å². The van der Waals surface area contributed by atoms with Crippen LogP contribution in [0.4, 0.5) is 5.95 Å². The van der Waals surface area contributed by atoms with Gasteiger partial charge in [0.2, 0.25) is 11.9 Å². The van der Waals surface area contributed by atoms with Gasteiger partial charge in [-0.25, -0.2) is 4.98 Å². The highest BCUT2D eigenvalue weighted by molar-refractivity contribution is 5.92. The number of hydrogen-bond donors (Lipinski definition) is 2. The molecule has 2 aromatic carbocycles. The number of carbonyl (C=O) groups excluding carboxylic acids is 1. The Balaban J connectivity index is 1.61. The molecule has 1 unspecified atom stereocenters. The second kappa shape index (κ2) is 7.64. The summed E-state index contributed by atoms with van der Waals surface area (Å²) in [6.45, 7) is 5.64. The van der Waals surface area contributed by atoms with Gasteiger partial charge >= 0.3 is 0 Å². The Kier molecular flexibility index (Phi) is 5.17. The summed E-state index contributed by atoms with van der Waals surface area (Å²) in [5.74, 6) is 0.724. The molecule has 0 spiro atoms. The summed E-state index contributed by atoms with van der Waals surface area (Å²) in [4.78, 5) is 17.5. The quantitative estimate of drug-likeness (QED) is 0.613. The molecular formula is C24H29N3O2. The summed E-state index contributed by atoms with van der Waals surface area (Å²) in [5, 5.41) is 13.5. The standard InChI is InChI=1S/C24H29N3O2/c1-16(17-8-5-4-6-9-17)14-22(28)26-23-25-20-13-12-18(24(2,3)29)15-21(20)27(23)19-10-7-11-19/h4-6,8-9,12-13,15-16,19,29H,7,10-11,14H2,1-3H3,(H,25,26,28). The van der Waals surface area contributed by atoms with E-state index in [0.29, 0.717) is 18.4 Å². The van der Waals surface area contributed by atoms with Crippen molar-refractivity contribution in [2.24, 2.45) is 0 Å². The molecule has 5 heteroatoms. The molecule has 1 aromatic heterocycles. The van der Waals surface area contributed by atoms with Crippen LogP contribution in [0.3, 0.4) is 0 Å². The van der Waals surface area contributed by atoms with Crippen molar-refractivity contribution in [3.05, 3.63) is 59.7 Å². The summed E-state index contributed by atoms with van der Waals surface area (Å²) >= 11 is 0. The molecule has 3 aromatic rings. The molecule has 29 heavy (non-hydrogen) atoms. The van der Waals surface area contributed by atoms with Crippen LogP contribution in [0.1, 0.15) is 69.5 Å². The van der Waals surface area contributed by atoms with Gasteiger partial charge in [-0.2, -0.15) is 0 Å². The van der Waals surface area contributed by atoms with Crippen LogP contribution >= 0.6 is 0 Å². The molecule has 1 aliphatic rings. The highest BCUT2D eigenvalue weighted by Gasteiger charge is 2.27. The number of imidazole rings is 1. The second-order valence-electron chi connectivity index (χ2n) is 8.72. The fourth-order valence-electron chi connectivity index (χ4n) is 3.93. The van der Waals surface area contributed by atoms with E-state index >= 15 is 0 Å². The fraction of sp³-hybridized carbons (Fsp3) is 0.417. The number of carbonyl (C=O) groups is 1. The van der Waals surface area contributed by atoms with E-state index in [2.05, 4.69) is 28.9 Å². The number of nitrogens with one attached hydrogen (secondary N) is 1. The molecular weight excluding hydrogens is 362 g/mol. The molecule has 1 fully saturated rings. The van der Waals surface area contributed by atoms with Crippen molar-refractivity contribution in [1.82, 2.24) is 9.55 Å². The van der Waals surface area contributed by atoms with Crippen LogP contribution in [0.25, 0.3) is 11.0 Å². The van der Waals surface area contributed by atoms with Gasteiger partial charge in [0.05, 0.1) is 16.6 Å². The molecule has 0 saturated heterocycles. The first-order valence-electron chi connectivity index (χ1n) is 10.4. The van der Waals surface area contributed by atoms with Crippen LogP contribution in [0.5, 0.6) is 0 Å². The molecule has 0 aliphatic heterocycles. The maximum absolute atomic E-state index is 12.8. The molecule has 4 rings (SSSR count). The lowest BCUT2D eigenvalue weighted by atomic mass is 9.92. The Morgan fingerprint density at radius 1 is 1.24 bits per heavy atom. The zero-order valence-electron chi connectivity index (χ0n) is 17.4. The van der Waals surface area contributed by atoms with E-state index < -0.39 is 5.60 Å². The van der Waals surface area contributed by atoms with E-state index in [4.69, 9.17) is 4.98 Å². The van der Waals surface area contributed by atoms with E-state index in [9.17, 15) is 9.90 Å². The number of anilines is 1. The van der Waals surface area contributed by atoms with Gasteiger partial charge in [-0.15, -0.1) is 0 Å². The summed E-state index contributed by atoms with van der Waals surface area (Å²) < 4.78 is 2.15. The lowest BCUT2D eigenvalue weighted by Gasteiger charge is -2.29. The van der Waals surface area contributed by atoms with E-state index in [1.807, 2.05) is 36.4 Å². The molecule has 1 heterocycles. The minimum atomic E-state index is -0.919. The van der Waals surface area contributed by atoms with Crippen LogP contribution in [0.15, 0.2) is 48.5 Å². The predicted molar refractivity (Wildman–Crippen MR) is 116 cm³/mol. The van der Waals surface area contributed by atoms with Gasteiger partial charge in [-0.1, -0.05) is 43.3 Å². The highest BCUT2D eigenvalue weighted by atomic mass is 16.3. The fourth-order valence-corrected chi connectivity index (χ4v) is 3.93. The van der Waals surface area contributed by atoms with Crippen LogP contribution in [0, 0.1) is 0 Å². The molecule has 1 aliphatic carbocycles. The predicted octanol–water partition coefficient (Wildman–Crippen LogP) is 5.12. The molecule has 1 amide bonds. The maximum atomic E-state index is 12.8. The van der Waals surface area contributed by atoms with Crippen molar-refractivity contribution < 1.29 is 9.90 Å². The van der Waals surface area contributed by atoms with Gasteiger partial charge in [0.25, 0.3) is 0 Å². The first-order valence-corrected chi connectivity index (χ1v) is 10.4. The topological polar surface area (TPSA) is 67.2 Å². The van der Waals surface area contributed by atoms with Crippen LogP contribution < -0.4 is 5.32 Å². The first kappa shape index (κ1) is 19.6. The van der Waals surface area contributed by atoms with Crippen molar-refractivity contribution in [2.75, 3.05) is 5.32 Å². The van der Waals surface area contributed by atoms with Gasteiger partial charge in [0.15, 0.2) is 0 Å². The number of rotatable bonds is 6. The first-order chi connectivity index (χ1) is 13.8. The largest absolute Gasteiger partial charge is 0.386 e. The minimum absolute atomic E-state index is 0.0278. The normalized spacial score (nSPS) is 15.9. The van der Waals surface area contributed by atoms with Crippen molar-refractivity contribution in [2.45, 2.75) is 64.0 Å². The molecule has 2 N–H and O–H groups in total. The van der Waals surface area contributed by atoms with Crippen molar-refractivity contribution in [1.29, 1.82) is 0 Å². The summed E-state index contributed by atoms with van der Waals surface area (Å²) in [6.07, 6.45) is 3.77. The molecule has 0 bridgehead atoms. The number of aromatic nitrogens is 2. The molecule has 152 valence electrons. The smallest absolute Gasteiger partial charge is 0.227 e. The average Bonchev–Trinajstić information content (AvgIpc) is 2.97. The monoisotopic (exact) mass is 391 g/mol. The number of benzene rings is 2. The van der Waals surface area contributed by atoms with E-state index in [-0.39, 0.29) is 11.8 Å². The Morgan fingerprint density at radius 3 is 2.59 bits per heavy atom. The second-order valence-corrected chi connectivity index (χ2v) is 8.72. The van der Waals surface area contributed by atoms with Gasteiger partial charge in [-0.05, 0) is 62.3 Å². The van der Waals surface area contributed by atoms with E-state index in [1.165, 1.54) is 6.42 Å². The summed E-state index contributed by atoms with van der Waals surface area (Å²) in [5.41, 5.74) is 2.90. The lowest BCUT2D eigenvalue weighted by molar-refractivity contribution is -0.116. The number of fused-ring (bicyclic) bond motifs is 1. The third kappa shape index (κ3) is 4.06. The number of hydrogen-bond acceptors (Lipinski definition) is 3. The Bertz CT molecular complexity index is 1010. The van der Waals surface area contributed by atoms with Gasteiger partial charge in [0.1, 0.15) is 0 Å². The SMILES string of the molecule is CC(CC(=O)Nc1nc2ccc(C(C)(C)O)cc2n1C1CCC1)c1ccccc1. The van der Waals surface area contributed by atoms with Gasteiger partial charge in [-0.3, -0.25) is 10.1 Å². The van der Waals surface area contributed by atoms with Crippen molar-refractivity contribution in [3.63, 3.8) is 0 Å². The number of aliphatic hydroxyl groups is 1. The zero-order chi connectivity index (χ0) is 20.6. The van der Waals surface area contributed by atoms with Crippen LogP contribution in [-0.2, 0) is 10.4 Å². The van der Waals surface area contributed by atoms with Gasteiger partial charge in [0, 0.05) is 12.5 Å². The average molecular weight is 392 g/mol. The Hall–Kier alpha value is -2.66. The molecule has 0 radical (unpaired) electrons. The number of nitrogens with zero attached hydrogens (tertiary/aromatic N) is 2. The molecule has 1 saturated carbocycles. The third-order valence-electron chi connectivity index (χ3n) is 5.95. The zero-order valence-corrected chi connectivity index (χ0v) is 17.4. The maximum Gasteiger partial charge on any atom is 0.227 e. The van der Waals surface area contributed by atoms with Crippen LogP contribution in [-0.4, -0.2) is 20.6 Å². The van der Waals surface area contributed by atoms with Crippen molar-refractivity contribution in [3.8, 4) is 0 Å². The highest BCUT2D eigenvalue weighted by Crippen LogP contribution is 2.38. The third-order valence-corrected chi connectivity index (χ3v) is 5.95.